The first-order chi connectivity index (χ1) is 9.02. The number of carbonyl (C=O) groups excluding carboxylic acids is 1. The van der Waals surface area contributed by atoms with Gasteiger partial charge < -0.3 is 9.42 Å². The van der Waals surface area contributed by atoms with E-state index in [2.05, 4.69) is 5.16 Å². The zero-order chi connectivity index (χ0) is 14.0. The normalized spacial score (nSPS) is 16.9. The average molecular weight is 264 g/mol. The summed E-state index contributed by atoms with van der Waals surface area (Å²) in [5, 5.41) is 3.96. The monoisotopic (exact) mass is 264 g/mol. The smallest absolute Gasteiger partial charge is 0.259 e. The minimum Gasteiger partial charge on any atom is -0.360 e. The molecule has 4 heteroatoms. The molecule has 0 bridgehead atoms. The maximum atomic E-state index is 12.7. The summed E-state index contributed by atoms with van der Waals surface area (Å²) in [7, 11) is 1.91. The Morgan fingerprint density at radius 3 is 2.53 bits per heavy atom. The maximum Gasteiger partial charge on any atom is 0.259 e. The van der Waals surface area contributed by atoms with Crippen molar-refractivity contribution in [3.8, 4) is 0 Å². The van der Waals surface area contributed by atoms with Crippen molar-refractivity contribution in [2.24, 2.45) is 0 Å². The highest BCUT2D eigenvalue weighted by Gasteiger charge is 2.29. The first-order valence-electron chi connectivity index (χ1n) is 7.25. The molecule has 1 aromatic rings. The molecule has 106 valence electrons. The second kappa shape index (κ2) is 5.76. The molecule has 1 aliphatic carbocycles. The van der Waals surface area contributed by atoms with Crippen LogP contribution in [0.15, 0.2) is 4.52 Å². The van der Waals surface area contributed by atoms with E-state index in [4.69, 9.17) is 4.52 Å². The van der Waals surface area contributed by atoms with Crippen LogP contribution in [0.5, 0.6) is 0 Å². The van der Waals surface area contributed by atoms with Crippen molar-refractivity contribution in [3.05, 3.63) is 17.0 Å². The van der Waals surface area contributed by atoms with Gasteiger partial charge in [-0.2, -0.15) is 0 Å². The third-order valence-electron chi connectivity index (χ3n) is 4.07. The molecular formula is C15H24N2O2. The molecule has 0 N–H and O–H groups in total. The summed E-state index contributed by atoms with van der Waals surface area (Å²) in [6, 6.07) is 0.371. The molecule has 1 fully saturated rings. The Labute approximate surface area is 115 Å². The number of carbonyl (C=O) groups is 1. The topological polar surface area (TPSA) is 46.3 Å². The number of aromatic nitrogens is 1. The van der Waals surface area contributed by atoms with E-state index < -0.39 is 0 Å². The second-order valence-corrected chi connectivity index (χ2v) is 5.87. The van der Waals surface area contributed by atoms with Crippen LogP contribution in [0, 0.1) is 6.92 Å². The van der Waals surface area contributed by atoms with Crippen LogP contribution in [-0.2, 0) is 0 Å². The number of rotatable bonds is 3. The van der Waals surface area contributed by atoms with E-state index in [9.17, 15) is 4.79 Å². The van der Waals surface area contributed by atoms with E-state index in [0.29, 0.717) is 23.1 Å². The van der Waals surface area contributed by atoms with Gasteiger partial charge >= 0.3 is 0 Å². The summed E-state index contributed by atoms with van der Waals surface area (Å²) in [6.07, 6.45) is 5.97. The summed E-state index contributed by atoms with van der Waals surface area (Å²) in [4.78, 5) is 14.6. The Morgan fingerprint density at radius 1 is 1.32 bits per heavy atom. The highest BCUT2D eigenvalue weighted by molar-refractivity contribution is 5.96. The van der Waals surface area contributed by atoms with Crippen molar-refractivity contribution < 1.29 is 9.32 Å². The maximum absolute atomic E-state index is 12.7. The largest absolute Gasteiger partial charge is 0.360 e. The molecule has 1 aliphatic rings. The summed E-state index contributed by atoms with van der Waals surface area (Å²) in [5.74, 6) is 0.958. The van der Waals surface area contributed by atoms with E-state index in [1.165, 1.54) is 19.3 Å². The van der Waals surface area contributed by atoms with Crippen LogP contribution < -0.4 is 0 Å². The van der Waals surface area contributed by atoms with Crippen molar-refractivity contribution in [2.45, 2.75) is 64.8 Å². The minimum absolute atomic E-state index is 0.0642. The van der Waals surface area contributed by atoms with Gasteiger partial charge in [0.15, 0.2) is 5.76 Å². The first-order valence-corrected chi connectivity index (χ1v) is 7.25. The van der Waals surface area contributed by atoms with Gasteiger partial charge in [0.2, 0.25) is 0 Å². The molecule has 0 aliphatic heterocycles. The Bertz CT molecular complexity index is 445. The number of aryl methyl sites for hydroxylation is 1. The molecule has 1 heterocycles. The Morgan fingerprint density at radius 2 is 1.95 bits per heavy atom. The molecule has 1 amide bonds. The fourth-order valence-corrected chi connectivity index (χ4v) is 2.85. The lowest BCUT2D eigenvalue weighted by atomic mass is 9.93. The molecule has 0 unspecified atom stereocenters. The predicted octanol–water partition coefficient (Wildman–Crippen LogP) is 3.51. The summed E-state index contributed by atoms with van der Waals surface area (Å²) < 4.78 is 5.32. The highest BCUT2D eigenvalue weighted by Crippen LogP contribution is 2.27. The molecule has 19 heavy (non-hydrogen) atoms. The highest BCUT2D eigenvalue weighted by atomic mass is 16.5. The zero-order valence-electron chi connectivity index (χ0n) is 12.4. The lowest BCUT2D eigenvalue weighted by molar-refractivity contribution is 0.0692. The van der Waals surface area contributed by atoms with Gasteiger partial charge in [0.1, 0.15) is 5.56 Å². The second-order valence-electron chi connectivity index (χ2n) is 5.87. The standard InChI is InChI=1S/C15H24N2O2/c1-10(2)14-13(11(3)16-19-14)15(18)17(4)12-8-6-5-7-9-12/h10,12H,5-9H2,1-4H3. The first kappa shape index (κ1) is 14.1. The molecule has 0 saturated heterocycles. The molecule has 0 atom stereocenters. The molecule has 0 radical (unpaired) electrons. The van der Waals surface area contributed by atoms with E-state index in [0.717, 1.165) is 12.8 Å². The van der Waals surface area contributed by atoms with Gasteiger partial charge in [0.05, 0.1) is 5.69 Å². The van der Waals surface area contributed by atoms with Gasteiger partial charge in [-0.1, -0.05) is 38.3 Å². The van der Waals surface area contributed by atoms with Gasteiger partial charge in [-0.15, -0.1) is 0 Å². The zero-order valence-corrected chi connectivity index (χ0v) is 12.4. The Kier molecular flexibility index (Phi) is 4.27. The van der Waals surface area contributed by atoms with E-state index in [1.54, 1.807) is 0 Å². The molecule has 4 nitrogen and oxygen atoms in total. The third-order valence-corrected chi connectivity index (χ3v) is 4.07. The SMILES string of the molecule is Cc1noc(C(C)C)c1C(=O)N(C)C1CCCCC1. The summed E-state index contributed by atoms with van der Waals surface area (Å²) in [6.45, 7) is 5.89. The van der Waals surface area contributed by atoms with Crippen molar-refractivity contribution in [2.75, 3.05) is 7.05 Å². The Hall–Kier alpha value is -1.32. The van der Waals surface area contributed by atoms with Crippen LogP contribution in [0.3, 0.4) is 0 Å². The molecule has 1 saturated carbocycles. The average Bonchev–Trinajstić information content (AvgIpc) is 2.80. The van der Waals surface area contributed by atoms with Crippen LogP contribution in [-0.4, -0.2) is 29.1 Å². The van der Waals surface area contributed by atoms with Crippen molar-refractivity contribution in [3.63, 3.8) is 0 Å². The van der Waals surface area contributed by atoms with E-state index >= 15 is 0 Å². The van der Waals surface area contributed by atoms with Gasteiger partial charge in [-0.3, -0.25) is 4.79 Å². The van der Waals surface area contributed by atoms with Crippen molar-refractivity contribution in [1.82, 2.24) is 10.1 Å². The lowest BCUT2D eigenvalue weighted by Gasteiger charge is -2.31. The molecule has 0 spiro atoms. The minimum atomic E-state index is 0.0642. The fraction of sp³-hybridized carbons (Fsp3) is 0.733. The molecule has 0 aromatic carbocycles. The van der Waals surface area contributed by atoms with E-state index in [-0.39, 0.29) is 11.8 Å². The number of hydrogen-bond acceptors (Lipinski definition) is 3. The van der Waals surface area contributed by atoms with Crippen LogP contribution >= 0.6 is 0 Å². The van der Waals surface area contributed by atoms with Gasteiger partial charge in [0.25, 0.3) is 5.91 Å². The predicted molar refractivity (Wildman–Crippen MR) is 74.3 cm³/mol. The van der Waals surface area contributed by atoms with Crippen molar-refractivity contribution >= 4 is 5.91 Å². The lowest BCUT2D eigenvalue weighted by Crippen LogP contribution is -2.38. The van der Waals surface area contributed by atoms with Gasteiger partial charge in [-0.25, -0.2) is 0 Å². The van der Waals surface area contributed by atoms with Gasteiger partial charge in [-0.05, 0) is 19.8 Å². The third kappa shape index (κ3) is 2.82. The van der Waals surface area contributed by atoms with Crippen LogP contribution in [0.2, 0.25) is 0 Å². The van der Waals surface area contributed by atoms with E-state index in [1.807, 2.05) is 32.7 Å². The molecule has 2 rings (SSSR count). The quantitative estimate of drug-likeness (QED) is 0.839. The molecule has 1 aromatic heterocycles. The Balaban J connectivity index is 2.21. The van der Waals surface area contributed by atoms with Gasteiger partial charge in [0, 0.05) is 19.0 Å². The van der Waals surface area contributed by atoms with Crippen LogP contribution in [0.1, 0.15) is 73.7 Å². The number of nitrogens with zero attached hydrogens (tertiary/aromatic N) is 2. The molecular weight excluding hydrogens is 240 g/mol. The van der Waals surface area contributed by atoms with Crippen LogP contribution in [0.25, 0.3) is 0 Å². The summed E-state index contributed by atoms with van der Waals surface area (Å²) in [5.41, 5.74) is 1.37. The summed E-state index contributed by atoms with van der Waals surface area (Å²) >= 11 is 0. The fourth-order valence-electron chi connectivity index (χ4n) is 2.85. The van der Waals surface area contributed by atoms with Crippen LogP contribution in [0.4, 0.5) is 0 Å². The number of hydrogen-bond donors (Lipinski definition) is 0. The number of amides is 1. The van der Waals surface area contributed by atoms with Crippen molar-refractivity contribution in [1.29, 1.82) is 0 Å².